The lowest BCUT2D eigenvalue weighted by Crippen LogP contribution is -2.39. The summed E-state index contributed by atoms with van der Waals surface area (Å²) in [6.45, 7) is 9.68. The van der Waals surface area contributed by atoms with E-state index in [9.17, 15) is 0 Å². The van der Waals surface area contributed by atoms with Gasteiger partial charge in [-0.1, -0.05) is 53.4 Å². The zero-order valence-electron chi connectivity index (χ0n) is 13.1. The molecule has 0 saturated heterocycles. The molecule has 4 unspecified atom stereocenters. The van der Waals surface area contributed by atoms with Crippen LogP contribution in [-0.4, -0.2) is 0 Å². The van der Waals surface area contributed by atoms with Crippen LogP contribution in [0.25, 0.3) is 0 Å². The van der Waals surface area contributed by atoms with Crippen molar-refractivity contribution >= 4 is 0 Å². The first-order chi connectivity index (χ1) is 8.73. The molecule has 0 aromatic carbocycles. The summed E-state index contributed by atoms with van der Waals surface area (Å²) < 4.78 is 0. The molecule has 0 aromatic rings. The van der Waals surface area contributed by atoms with Crippen LogP contribution in [0, 0.1) is 35.5 Å². The lowest BCUT2D eigenvalue weighted by atomic mass is 9.57. The summed E-state index contributed by atoms with van der Waals surface area (Å²) in [5.41, 5.74) is 0. The van der Waals surface area contributed by atoms with Gasteiger partial charge in [-0.3, -0.25) is 0 Å². The van der Waals surface area contributed by atoms with Crippen molar-refractivity contribution in [3.63, 3.8) is 0 Å². The van der Waals surface area contributed by atoms with Crippen molar-refractivity contribution < 1.29 is 0 Å². The van der Waals surface area contributed by atoms with E-state index in [4.69, 9.17) is 0 Å². The van der Waals surface area contributed by atoms with E-state index in [0.29, 0.717) is 0 Å². The first-order valence-corrected chi connectivity index (χ1v) is 8.73. The van der Waals surface area contributed by atoms with Gasteiger partial charge in [0, 0.05) is 0 Å². The molecule has 0 N–H and O–H groups in total. The standard InChI is InChI=1S/C18H34/c1-5-13-9-17-11-15(7-3)16(8-4)12-18(17)10-14(13)6-2/h13-18H,5-12H2,1-4H3. The molecule has 106 valence electrons. The van der Waals surface area contributed by atoms with E-state index in [0.717, 1.165) is 35.5 Å². The van der Waals surface area contributed by atoms with E-state index < -0.39 is 0 Å². The van der Waals surface area contributed by atoms with Crippen LogP contribution in [0.1, 0.15) is 79.1 Å². The summed E-state index contributed by atoms with van der Waals surface area (Å²) >= 11 is 0. The number of hydrogen-bond donors (Lipinski definition) is 0. The summed E-state index contributed by atoms with van der Waals surface area (Å²) in [6, 6.07) is 0. The van der Waals surface area contributed by atoms with Gasteiger partial charge in [-0.25, -0.2) is 0 Å². The van der Waals surface area contributed by atoms with Crippen LogP contribution in [0.3, 0.4) is 0 Å². The fourth-order valence-corrected chi connectivity index (χ4v) is 5.29. The maximum Gasteiger partial charge on any atom is -0.0380 e. The highest BCUT2D eigenvalue weighted by Gasteiger charge is 2.41. The average Bonchev–Trinajstić information content (AvgIpc) is 2.43. The molecule has 2 saturated carbocycles. The second-order valence-corrected chi connectivity index (χ2v) is 7.14. The Balaban J connectivity index is 2.03. The highest BCUT2D eigenvalue weighted by Crippen LogP contribution is 2.51. The number of rotatable bonds is 4. The van der Waals surface area contributed by atoms with Crippen molar-refractivity contribution in [2.24, 2.45) is 35.5 Å². The molecule has 18 heavy (non-hydrogen) atoms. The van der Waals surface area contributed by atoms with Crippen molar-refractivity contribution in [2.75, 3.05) is 0 Å². The smallest absolute Gasteiger partial charge is 0.0380 e. The molecule has 4 atom stereocenters. The Morgan fingerprint density at radius 3 is 0.889 bits per heavy atom. The largest absolute Gasteiger partial charge is 0.0651 e. The molecule has 0 spiro atoms. The molecule has 2 fully saturated rings. The van der Waals surface area contributed by atoms with Gasteiger partial charge in [0.2, 0.25) is 0 Å². The van der Waals surface area contributed by atoms with Gasteiger partial charge in [0.25, 0.3) is 0 Å². The molecule has 0 bridgehead atoms. The van der Waals surface area contributed by atoms with E-state index in [1.165, 1.54) is 25.7 Å². The predicted molar refractivity (Wildman–Crippen MR) is 80.6 cm³/mol. The van der Waals surface area contributed by atoms with Gasteiger partial charge in [-0.05, 0) is 61.2 Å². The van der Waals surface area contributed by atoms with Crippen LogP contribution in [0.2, 0.25) is 0 Å². The minimum Gasteiger partial charge on any atom is -0.0651 e. The minimum absolute atomic E-state index is 1.05. The first-order valence-electron chi connectivity index (χ1n) is 8.73. The van der Waals surface area contributed by atoms with E-state index >= 15 is 0 Å². The van der Waals surface area contributed by atoms with Crippen LogP contribution in [0.15, 0.2) is 0 Å². The van der Waals surface area contributed by atoms with Gasteiger partial charge in [0.15, 0.2) is 0 Å². The van der Waals surface area contributed by atoms with Gasteiger partial charge >= 0.3 is 0 Å². The topological polar surface area (TPSA) is 0 Å². The molecule has 0 heterocycles. The lowest BCUT2D eigenvalue weighted by Gasteiger charge is -2.48. The highest BCUT2D eigenvalue weighted by atomic mass is 14.5. The Labute approximate surface area is 115 Å². The van der Waals surface area contributed by atoms with Gasteiger partial charge in [-0.15, -0.1) is 0 Å². The normalized spacial score (nSPS) is 44.7. The Morgan fingerprint density at radius 1 is 0.500 bits per heavy atom. The van der Waals surface area contributed by atoms with Gasteiger partial charge in [0.05, 0.1) is 0 Å². The maximum absolute atomic E-state index is 2.42. The summed E-state index contributed by atoms with van der Waals surface area (Å²) in [5.74, 6) is 6.37. The molecule has 0 heteroatoms. The van der Waals surface area contributed by atoms with Gasteiger partial charge < -0.3 is 0 Å². The Bertz CT molecular complexity index is 194. The molecular weight excluding hydrogens is 216 g/mol. The molecule has 0 nitrogen and oxygen atoms in total. The summed E-state index contributed by atoms with van der Waals surface area (Å²) in [6.07, 6.45) is 12.0. The maximum atomic E-state index is 2.42. The van der Waals surface area contributed by atoms with E-state index in [-0.39, 0.29) is 0 Å². The molecular formula is C18H34. The van der Waals surface area contributed by atoms with Gasteiger partial charge in [0.1, 0.15) is 0 Å². The molecule has 2 aliphatic carbocycles. The Morgan fingerprint density at radius 2 is 0.722 bits per heavy atom. The van der Waals surface area contributed by atoms with Crippen LogP contribution in [0.4, 0.5) is 0 Å². The molecule has 2 aliphatic rings. The molecule has 2 rings (SSSR count). The molecule has 0 aromatic heterocycles. The van der Waals surface area contributed by atoms with E-state index in [2.05, 4.69) is 27.7 Å². The second kappa shape index (κ2) is 6.44. The average molecular weight is 250 g/mol. The quantitative estimate of drug-likeness (QED) is 0.581. The van der Waals surface area contributed by atoms with E-state index in [1.54, 1.807) is 25.7 Å². The molecule has 0 amide bonds. The summed E-state index contributed by atoms with van der Waals surface area (Å²) in [5, 5.41) is 0. The third kappa shape index (κ3) is 2.78. The van der Waals surface area contributed by atoms with Crippen LogP contribution < -0.4 is 0 Å². The minimum atomic E-state index is 1.05. The van der Waals surface area contributed by atoms with Crippen molar-refractivity contribution in [1.29, 1.82) is 0 Å². The van der Waals surface area contributed by atoms with Crippen molar-refractivity contribution in [2.45, 2.75) is 79.1 Å². The van der Waals surface area contributed by atoms with Crippen LogP contribution in [-0.2, 0) is 0 Å². The van der Waals surface area contributed by atoms with Crippen molar-refractivity contribution in [3.8, 4) is 0 Å². The third-order valence-electron chi connectivity index (χ3n) is 6.52. The number of hydrogen-bond acceptors (Lipinski definition) is 0. The van der Waals surface area contributed by atoms with Crippen LogP contribution >= 0.6 is 0 Å². The van der Waals surface area contributed by atoms with Crippen LogP contribution in [0.5, 0.6) is 0 Å². The van der Waals surface area contributed by atoms with Crippen molar-refractivity contribution in [3.05, 3.63) is 0 Å². The highest BCUT2D eigenvalue weighted by molar-refractivity contribution is 4.91. The first kappa shape index (κ1) is 14.4. The summed E-state index contributed by atoms with van der Waals surface area (Å²) in [7, 11) is 0. The lowest BCUT2D eigenvalue weighted by molar-refractivity contribution is 0.0200. The van der Waals surface area contributed by atoms with Gasteiger partial charge in [-0.2, -0.15) is 0 Å². The van der Waals surface area contributed by atoms with Crippen molar-refractivity contribution in [1.82, 2.24) is 0 Å². The second-order valence-electron chi connectivity index (χ2n) is 7.14. The SMILES string of the molecule is CCC1CC2CC(CC)C(CC)CC2CC1CC. The van der Waals surface area contributed by atoms with E-state index in [1.807, 2.05) is 0 Å². The monoisotopic (exact) mass is 250 g/mol. The fraction of sp³-hybridized carbons (Fsp3) is 1.00. The zero-order valence-corrected chi connectivity index (χ0v) is 13.1. The zero-order chi connectivity index (χ0) is 13.1. The fourth-order valence-electron chi connectivity index (χ4n) is 5.29. The summed E-state index contributed by atoms with van der Waals surface area (Å²) in [4.78, 5) is 0. The Kier molecular flexibility index (Phi) is 5.15. The third-order valence-corrected chi connectivity index (χ3v) is 6.52. The number of fused-ring (bicyclic) bond motifs is 1. The molecule has 0 radical (unpaired) electrons. The molecule has 0 aliphatic heterocycles. The predicted octanol–water partition coefficient (Wildman–Crippen LogP) is 5.91. The Hall–Kier alpha value is 0.